The average molecular weight is 342 g/mol. The summed E-state index contributed by atoms with van der Waals surface area (Å²) in [7, 11) is -3.80. The first-order chi connectivity index (χ1) is 8.36. The van der Waals surface area contributed by atoms with Crippen LogP contribution in [0, 0.1) is 11.6 Å². The fourth-order valence-electron chi connectivity index (χ4n) is 1.34. The van der Waals surface area contributed by atoms with Gasteiger partial charge in [-0.3, -0.25) is 0 Å². The lowest BCUT2D eigenvalue weighted by molar-refractivity contribution is 0.504. The highest BCUT2D eigenvalue weighted by molar-refractivity contribution is 9.09. The average Bonchev–Trinajstić information content (AvgIpc) is 2.30. The molecule has 18 heavy (non-hydrogen) atoms. The molecule has 1 aromatic rings. The van der Waals surface area contributed by atoms with Crippen LogP contribution in [0.2, 0.25) is 0 Å². The molecule has 0 aliphatic carbocycles. The first-order valence-electron chi connectivity index (χ1n) is 5.45. The van der Waals surface area contributed by atoms with E-state index in [1.54, 1.807) is 0 Å². The van der Waals surface area contributed by atoms with Crippen molar-refractivity contribution in [3.05, 3.63) is 29.8 Å². The van der Waals surface area contributed by atoms with Gasteiger partial charge in [-0.15, -0.1) is 0 Å². The van der Waals surface area contributed by atoms with E-state index in [0.717, 1.165) is 25.0 Å². The van der Waals surface area contributed by atoms with E-state index in [0.29, 0.717) is 6.07 Å². The van der Waals surface area contributed by atoms with Gasteiger partial charge < -0.3 is 0 Å². The number of alkyl halides is 1. The van der Waals surface area contributed by atoms with Crippen molar-refractivity contribution in [3.63, 3.8) is 0 Å². The van der Waals surface area contributed by atoms with Gasteiger partial charge in [-0.05, 0) is 24.6 Å². The Morgan fingerprint density at radius 1 is 1.33 bits per heavy atom. The number of nitrogens with one attached hydrogen (secondary N) is 1. The van der Waals surface area contributed by atoms with Gasteiger partial charge in [-0.25, -0.2) is 21.9 Å². The van der Waals surface area contributed by atoms with E-state index in [9.17, 15) is 17.2 Å². The molecular formula is C11H14BrF2NO2S. The highest BCUT2D eigenvalue weighted by atomic mass is 79.9. The topological polar surface area (TPSA) is 46.2 Å². The second-order valence-electron chi connectivity index (χ2n) is 3.81. The lowest BCUT2D eigenvalue weighted by Crippen LogP contribution is -2.29. The number of hydrogen-bond donors (Lipinski definition) is 1. The van der Waals surface area contributed by atoms with Crippen molar-refractivity contribution in [2.75, 3.05) is 6.54 Å². The summed E-state index contributed by atoms with van der Waals surface area (Å²) in [5, 5.41) is 0. The van der Waals surface area contributed by atoms with Crippen LogP contribution in [0.15, 0.2) is 23.1 Å². The lowest BCUT2D eigenvalue weighted by atomic mass is 10.2. The van der Waals surface area contributed by atoms with Crippen LogP contribution in [0.5, 0.6) is 0 Å². The number of halogens is 3. The van der Waals surface area contributed by atoms with Crippen LogP contribution >= 0.6 is 15.9 Å². The maximum Gasteiger partial charge on any atom is 0.240 e. The molecule has 102 valence electrons. The molecule has 0 bridgehead atoms. The standard InChI is InChI=1S/C11H14BrF2NO2S/c1-2-3-8(12)7-15-18(16,17)9-4-5-10(13)11(14)6-9/h4-6,8,15H,2-3,7H2,1H3. The minimum Gasteiger partial charge on any atom is -0.210 e. The number of benzene rings is 1. The third-order valence-corrected chi connectivity index (χ3v) is 4.50. The smallest absolute Gasteiger partial charge is 0.210 e. The predicted molar refractivity (Wildman–Crippen MR) is 69.2 cm³/mol. The summed E-state index contributed by atoms with van der Waals surface area (Å²) in [6.07, 6.45) is 1.74. The Balaban J connectivity index is 2.77. The van der Waals surface area contributed by atoms with E-state index < -0.39 is 21.7 Å². The summed E-state index contributed by atoms with van der Waals surface area (Å²) in [5.41, 5.74) is 0. The van der Waals surface area contributed by atoms with Gasteiger partial charge in [0, 0.05) is 11.4 Å². The Hall–Kier alpha value is -0.530. The van der Waals surface area contributed by atoms with E-state index in [1.807, 2.05) is 6.92 Å². The fraction of sp³-hybridized carbons (Fsp3) is 0.455. The van der Waals surface area contributed by atoms with Crippen molar-refractivity contribution >= 4 is 26.0 Å². The van der Waals surface area contributed by atoms with E-state index in [4.69, 9.17) is 0 Å². The Bertz CT molecular complexity index is 508. The Labute approximate surface area is 114 Å². The van der Waals surface area contributed by atoms with Gasteiger partial charge in [-0.2, -0.15) is 0 Å². The van der Waals surface area contributed by atoms with Crippen LogP contribution in [0.3, 0.4) is 0 Å². The number of rotatable bonds is 6. The molecule has 1 unspecified atom stereocenters. The fourth-order valence-corrected chi connectivity index (χ4v) is 3.27. The van der Waals surface area contributed by atoms with Crippen LogP contribution in [-0.4, -0.2) is 19.8 Å². The first-order valence-corrected chi connectivity index (χ1v) is 7.85. The second-order valence-corrected chi connectivity index (χ2v) is 6.88. The second kappa shape index (κ2) is 6.58. The summed E-state index contributed by atoms with van der Waals surface area (Å²) in [6.45, 7) is 2.19. The van der Waals surface area contributed by atoms with Crippen molar-refractivity contribution in [3.8, 4) is 0 Å². The molecule has 0 fully saturated rings. The summed E-state index contributed by atoms with van der Waals surface area (Å²) < 4.78 is 51.6. The van der Waals surface area contributed by atoms with E-state index in [-0.39, 0.29) is 16.3 Å². The lowest BCUT2D eigenvalue weighted by Gasteiger charge is -2.10. The van der Waals surface area contributed by atoms with E-state index in [1.165, 1.54) is 0 Å². The third-order valence-electron chi connectivity index (χ3n) is 2.30. The summed E-state index contributed by atoms with van der Waals surface area (Å²) >= 11 is 3.33. The molecule has 7 heteroatoms. The van der Waals surface area contributed by atoms with Crippen molar-refractivity contribution in [1.29, 1.82) is 0 Å². The van der Waals surface area contributed by atoms with Crippen LogP contribution in [-0.2, 0) is 10.0 Å². The van der Waals surface area contributed by atoms with Crippen molar-refractivity contribution in [2.45, 2.75) is 29.5 Å². The van der Waals surface area contributed by atoms with E-state index in [2.05, 4.69) is 20.7 Å². The van der Waals surface area contributed by atoms with Gasteiger partial charge in [0.05, 0.1) is 4.90 Å². The van der Waals surface area contributed by atoms with Crippen LogP contribution < -0.4 is 4.72 Å². The normalized spacial score (nSPS) is 13.6. The molecule has 0 radical (unpaired) electrons. The summed E-state index contributed by atoms with van der Waals surface area (Å²) in [4.78, 5) is -0.264. The molecular weight excluding hydrogens is 328 g/mol. The van der Waals surface area contributed by atoms with Gasteiger partial charge in [0.2, 0.25) is 10.0 Å². The largest absolute Gasteiger partial charge is 0.240 e. The molecule has 0 amide bonds. The highest BCUT2D eigenvalue weighted by Gasteiger charge is 2.17. The van der Waals surface area contributed by atoms with Gasteiger partial charge in [-0.1, -0.05) is 29.3 Å². The van der Waals surface area contributed by atoms with Crippen molar-refractivity contribution in [2.24, 2.45) is 0 Å². The van der Waals surface area contributed by atoms with Gasteiger partial charge in [0.15, 0.2) is 11.6 Å². The summed E-state index contributed by atoms with van der Waals surface area (Å²) in [6, 6.07) is 2.49. The van der Waals surface area contributed by atoms with Crippen molar-refractivity contribution < 1.29 is 17.2 Å². The zero-order valence-corrected chi connectivity index (χ0v) is 12.2. The molecule has 0 aliphatic rings. The Kier molecular flexibility index (Phi) is 5.68. The molecule has 0 saturated heterocycles. The molecule has 1 N–H and O–H groups in total. The zero-order chi connectivity index (χ0) is 13.8. The Morgan fingerprint density at radius 2 is 2.00 bits per heavy atom. The summed E-state index contributed by atoms with van der Waals surface area (Å²) in [5.74, 6) is -2.25. The first kappa shape index (κ1) is 15.5. The molecule has 3 nitrogen and oxygen atoms in total. The highest BCUT2D eigenvalue weighted by Crippen LogP contribution is 2.14. The van der Waals surface area contributed by atoms with Crippen LogP contribution in [0.1, 0.15) is 19.8 Å². The van der Waals surface area contributed by atoms with Crippen LogP contribution in [0.4, 0.5) is 8.78 Å². The molecule has 0 spiro atoms. The van der Waals surface area contributed by atoms with Crippen molar-refractivity contribution in [1.82, 2.24) is 4.72 Å². The molecule has 1 atom stereocenters. The van der Waals surface area contributed by atoms with Gasteiger partial charge in [0.1, 0.15) is 0 Å². The quantitative estimate of drug-likeness (QED) is 0.808. The van der Waals surface area contributed by atoms with Crippen LogP contribution in [0.25, 0.3) is 0 Å². The number of hydrogen-bond acceptors (Lipinski definition) is 2. The zero-order valence-electron chi connectivity index (χ0n) is 9.79. The van der Waals surface area contributed by atoms with Gasteiger partial charge >= 0.3 is 0 Å². The minimum atomic E-state index is -3.80. The molecule has 0 aliphatic heterocycles. The molecule has 0 saturated carbocycles. The Morgan fingerprint density at radius 3 is 2.56 bits per heavy atom. The monoisotopic (exact) mass is 341 g/mol. The molecule has 1 rings (SSSR count). The maximum absolute atomic E-state index is 13.0. The molecule has 0 heterocycles. The van der Waals surface area contributed by atoms with Gasteiger partial charge in [0.25, 0.3) is 0 Å². The number of sulfonamides is 1. The molecule has 1 aromatic carbocycles. The predicted octanol–water partition coefficient (Wildman–Crippen LogP) is 2.81. The van der Waals surface area contributed by atoms with E-state index >= 15 is 0 Å². The maximum atomic E-state index is 13.0. The third kappa shape index (κ3) is 4.29. The minimum absolute atomic E-state index is 0.0163. The molecule has 0 aromatic heterocycles. The SMILES string of the molecule is CCCC(Br)CNS(=O)(=O)c1ccc(F)c(F)c1.